The summed E-state index contributed by atoms with van der Waals surface area (Å²) in [6, 6.07) is 0. The number of hydrogen-bond acceptors (Lipinski definition) is 32. The maximum absolute atomic E-state index is 12.7. The van der Waals surface area contributed by atoms with Crippen LogP contribution in [0.3, 0.4) is 0 Å². The van der Waals surface area contributed by atoms with Gasteiger partial charge in [-0.2, -0.15) is 10.5 Å². The molecule has 5 saturated carbocycles. The minimum Gasteiger partial charge on any atom is -0.460 e. The minimum atomic E-state index is -0.592. The molecule has 38 nitrogen and oxygen atoms in total. The van der Waals surface area contributed by atoms with Crippen LogP contribution in [-0.4, -0.2) is 263 Å². The number of carbonyl (C=O) groups excluding carboxylic acids is 11. The number of ether oxygens (including phenoxy) is 14. The first-order chi connectivity index (χ1) is 64.0. The lowest BCUT2D eigenvalue weighted by Crippen LogP contribution is -2.46. The van der Waals surface area contributed by atoms with Crippen molar-refractivity contribution in [1.82, 2.24) is 31.9 Å². The number of aliphatic imine (C=N–C) groups is 2. The van der Waals surface area contributed by atoms with Crippen LogP contribution >= 0.6 is 0 Å². The molecule has 9 N–H and O–H groups in total. The first-order valence-corrected chi connectivity index (χ1v) is 47.9. The Labute approximate surface area is 864 Å². The van der Waals surface area contributed by atoms with Crippen LogP contribution in [0, 0.1) is 101 Å². The Balaban J connectivity index is -0.000000492. The highest BCUT2D eigenvalue weighted by Crippen LogP contribution is 2.53. The molecule has 5 fully saturated rings. The number of nitrogens with one attached hydrogen (secondary N) is 6. The highest BCUT2D eigenvalue weighted by molar-refractivity contribution is 5.87. The van der Waals surface area contributed by atoms with Gasteiger partial charge in [-0.25, -0.2) is 62.7 Å². The minimum absolute atomic E-state index is 0. The SMILES string of the molecule is C.C.C.C.C.C.C=C(C)C(=O)OCCO.C=C(C)C(=O)OCCOC(=O)NCC1(C)CC(CNC(=O)OC(C)COCC(C)OC(=O)NCC2CC(C)(C)CC(C)(CNC(=O)OCCOC(=O)C(=C)C)C2)CC(C)(C)C1.CC(COCC(C)OC(=O)NCC1CC(C)(C)CC(C)(COC#N)C1)OC(=O)NCC1CC(C)(C)CC(C)(CN=C=O)C1.CC(O)COCC(C)O.CC1(C)CC(OC#N)CC(C)(CN=C=O)C1. The zero-order valence-corrected chi connectivity index (χ0v) is 87.3. The number of nitriles is 2. The summed E-state index contributed by atoms with van der Waals surface area (Å²) < 4.78 is 72.9. The normalized spacial score (nSPS) is 23.9. The molecule has 0 saturated heterocycles. The van der Waals surface area contributed by atoms with E-state index in [1.807, 2.05) is 0 Å². The second-order valence-electron chi connectivity index (χ2n) is 44.4. The number of amides is 6. The molecule has 0 aromatic rings. The van der Waals surface area contributed by atoms with E-state index in [2.05, 4.69) is 170 Å². The van der Waals surface area contributed by atoms with Gasteiger partial charge in [0.15, 0.2) is 0 Å². The summed E-state index contributed by atoms with van der Waals surface area (Å²) in [7, 11) is 0. The Kier molecular flexibility index (Phi) is 71.5. The highest BCUT2D eigenvalue weighted by Gasteiger charge is 2.47. The second-order valence-corrected chi connectivity index (χ2v) is 44.4. The maximum Gasteiger partial charge on any atom is 0.407 e. The van der Waals surface area contributed by atoms with Gasteiger partial charge in [-0.05, 0) is 231 Å². The molecule has 6 amide bonds. The van der Waals surface area contributed by atoms with Crippen molar-refractivity contribution in [3.05, 3.63) is 36.5 Å². The molecule has 5 rings (SSSR count). The average molecular weight is 2060 g/mol. The third-order valence-electron chi connectivity index (χ3n) is 23.6. The van der Waals surface area contributed by atoms with Gasteiger partial charge < -0.3 is 114 Å². The summed E-state index contributed by atoms with van der Waals surface area (Å²) in [6.45, 7) is 62.3. The lowest BCUT2D eigenvalue weighted by atomic mass is 9.60. The van der Waals surface area contributed by atoms with E-state index in [4.69, 9.17) is 87.4 Å². The van der Waals surface area contributed by atoms with Crippen molar-refractivity contribution in [2.24, 2.45) is 87.8 Å². The Morgan fingerprint density at radius 3 is 0.910 bits per heavy atom. The fourth-order valence-corrected chi connectivity index (χ4v) is 20.8. The summed E-state index contributed by atoms with van der Waals surface area (Å²) in [5.74, 6) is -0.723. The zero-order valence-electron chi connectivity index (χ0n) is 87.3. The van der Waals surface area contributed by atoms with Crippen LogP contribution in [0.25, 0.3) is 0 Å². The van der Waals surface area contributed by atoms with Gasteiger partial charge in [-0.1, -0.05) is 168 Å². The predicted octanol–water partition coefficient (Wildman–Crippen LogP) is 18.4. The van der Waals surface area contributed by atoms with Crippen molar-refractivity contribution in [3.8, 4) is 12.5 Å². The molecule has 16 atom stereocenters. The van der Waals surface area contributed by atoms with Gasteiger partial charge in [0, 0.05) is 61.4 Å². The number of esters is 3. The van der Waals surface area contributed by atoms with Crippen LogP contribution in [0.4, 0.5) is 28.8 Å². The molecule has 5 aliphatic carbocycles. The van der Waals surface area contributed by atoms with Crippen molar-refractivity contribution >= 4 is 66.6 Å². The van der Waals surface area contributed by atoms with E-state index in [-0.39, 0.29) is 206 Å². The predicted molar refractivity (Wildman–Crippen MR) is 556 cm³/mol. The fourth-order valence-electron chi connectivity index (χ4n) is 20.8. The summed E-state index contributed by atoms with van der Waals surface area (Å²) in [4.78, 5) is 137. The molecule has 0 aromatic heterocycles. The van der Waals surface area contributed by atoms with Crippen molar-refractivity contribution < 1.29 is 134 Å². The molecule has 144 heavy (non-hydrogen) atoms. The van der Waals surface area contributed by atoms with Gasteiger partial charge in [0.25, 0.3) is 12.5 Å². The fraction of sp³-hybridized carbons (Fsp3) is 0.821. The summed E-state index contributed by atoms with van der Waals surface area (Å²) in [5, 5.41) is 60.1. The third-order valence-corrected chi connectivity index (χ3v) is 23.6. The molecular formula is C106H194N10O28. The molecule has 16 unspecified atom stereocenters. The van der Waals surface area contributed by atoms with E-state index in [1.54, 1.807) is 73.1 Å². The molecular weight excluding hydrogens is 1860 g/mol. The third kappa shape index (κ3) is 67.2. The Morgan fingerprint density at radius 2 is 0.625 bits per heavy atom. The number of rotatable bonds is 46. The van der Waals surface area contributed by atoms with Gasteiger partial charge in [0.2, 0.25) is 12.2 Å². The largest absolute Gasteiger partial charge is 0.460 e. The first-order valence-electron chi connectivity index (χ1n) is 47.9. The second kappa shape index (κ2) is 71.0. The Bertz CT molecular complexity index is 3890. The number of carbonyl (C=O) groups is 9. The summed E-state index contributed by atoms with van der Waals surface area (Å²) >= 11 is 0. The monoisotopic (exact) mass is 2060 g/mol. The molecule has 0 aromatic carbocycles. The van der Waals surface area contributed by atoms with Gasteiger partial charge in [0.1, 0.15) is 70.2 Å². The van der Waals surface area contributed by atoms with E-state index in [1.165, 1.54) is 13.8 Å². The zero-order chi connectivity index (χ0) is 105. The van der Waals surface area contributed by atoms with Gasteiger partial charge in [-0.3, -0.25) is 0 Å². The molecule has 0 aliphatic heterocycles. The smallest absolute Gasteiger partial charge is 0.407 e. The van der Waals surface area contributed by atoms with Crippen molar-refractivity contribution in [2.45, 2.75) is 350 Å². The molecule has 0 spiro atoms. The van der Waals surface area contributed by atoms with Gasteiger partial charge in [0.05, 0.1) is 71.5 Å². The molecule has 5 aliphatic rings. The van der Waals surface area contributed by atoms with E-state index in [0.717, 1.165) is 96.3 Å². The van der Waals surface area contributed by atoms with Crippen molar-refractivity contribution in [2.75, 3.05) is 138 Å². The lowest BCUT2D eigenvalue weighted by molar-refractivity contribution is -0.140. The first kappa shape index (κ1) is 145. The van der Waals surface area contributed by atoms with Crippen LogP contribution in [-0.2, 0) is 90.3 Å². The van der Waals surface area contributed by atoms with Gasteiger partial charge in [-0.15, -0.1) is 0 Å². The topological polar surface area (TPSA) is 522 Å². The van der Waals surface area contributed by atoms with Crippen molar-refractivity contribution in [3.63, 3.8) is 0 Å². The number of alkyl carbamates (subject to hydrolysis) is 6. The van der Waals surface area contributed by atoms with Crippen LogP contribution in [0.1, 0.15) is 307 Å². The summed E-state index contributed by atoms with van der Waals surface area (Å²) in [6.07, 6.45) is 13.7. The van der Waals surface area contributed by atoms with Crippen LogP contribution in [0.5, 0.6) is 0 Å². The number of isocyanates is 2. The average Bonchev–Trinajstić information content (AvgIpc) is 0.809. The van der Waals surface area contributed by atoms with E-state index >= 15 is 0 Å². The van der Waals surface area contributed by atoms with Crippen LogP contribution in [0.15, 0.2) is 46.4 Å². The molecule has 0 bridgehead atoms. The number of nitrogens with zero attached hydrogens (tertiary/aromatic N) is 4. The molecule has 38 heteroatoms. The molecule has 0 radical (unpaired) electrons. The Morgan fingerprint density at radius 1 is 0.361 bits per heavy atom. The number of hydrogen-bond donors (Lipinski definition) is 9. The van der Waals surface area contributed by atoms with E-state index in [9.17, 15) is 52.7 Å². The summed E-state index contributed by atoms with van der Waals surface area (Å²) in [5.41, 5.74) is 0.355. The van der Waals surface area contributed by atoms with Crippen molar-refractivity contribution in [1.29, 1.82) is 10.5 Å². The number of aliphatic hydroxyl groups excluding tert-OH is 3. The molecule has 0 heterocycles. The quantitative estimate of drug-likeness (QED) is 0.00520. The lowest BCUT2D eigenvalue weighted by Gasteiger charge is -2.46. The van der Waals surface area contributed by atoms with E-state index in [0.29, 0.717) is 77.8 Å². The van der Waals surface area contributed by atoms with Gasteiger partial charge >= 0.3 is 54.5 Å². The highest BCUT2D eigenvalue weighted by atomic mass is 16.6. The molecule has 836 valence electrons. The van der Waals surface area contributed by atoms with E-state index < -0.39 is 91.1 Å². The van der Waals surface area contributed by atoms with Crippen LogP contribution in [0.2, 0.25) is 0 Å². The maximum atomic E-state index is 12.7. The number of aliphatic hydroxyl groups is 3. The van der Waals surface area contributed by atoms with Crippen LogP contribution < -0.4 is 31.9 Å². The Hall–Kier alpha value is -9.65. The standard InChI is InChI=1S/C44H74N4O13.C32H54N4O7.C12H18N2O2.C6H14O3.C6H10O3.6CH4/c1-29(2)35(49)56-13-15-58-37(51)47-27-43(11)19-33(17-41(7,8)25-43)21-45-39(53)60-31(5)23-55-24-32(6)61-40(54)46-22-34-18-42(9,10)26-44(12,20-34)28-48-38(52)59-16-14-57-36(50)30(3)4;1-23(42-27(38)35-13-25-9-29(3,4)17-31(7,11-25)19-34-22-37)15-40-16-24(2)43-28(39)36-14-26-10-30(5,6)18-32(8,12-26)20-41-21-33;1-11(2)4-10(16-8-13)5-12(3,6-11)7-14-9-15;1-5(7)3-9-4-6(2)8;1-5(2)6(8)9-4-3-7;;;;;;/h31-34H,1,3,13-28H2,2,4-12H3,(H,45,53)(H,46,54)(H,47,51)(H,48,52);23-26H,9-20H2,1-8H3,(H,35,38)(H,36,39);10H,4-7H2,1-3H3;5-8H,3-4H2,1-2H3;7H,1,3-4H2,2H3;6*1H4.